The molecule has 0 unspecified atom stereocenters. The van der Waals surface area contributed by atoms with Crippen molar-refractivity contribution in [2.45, 2.75) is 25.8 Å². The van der Waals surface area contributed by atoms with Gasteiger partial charge in [-0.05, 0) is 38.9 Å². The average molecular weight is 264 g/mol. The molecule has 0 bridgehead atoms. The maximum absolute atomic E-state index is 13.8. The van der Waals surface area contributed by atoms with Crippen molar-refractivity contribution >= 4 is 5.91 Å². The van der Waals surface area contributed by atoms with Gasteiger partial charge in [-0.25, -0.2) is 4.39 Å². The van der Waals surface area contributed by atoms with Crippen LogP contribution in [0.3, 0.4) is 0 Å². The van der Waals surface area contributed by atoms with Crippen LogP contribution in [-0.4, -0.2) is 30.9 Å². The zero-order chi connectivity index (χ0) is 13.8. The monoisotopic (exact) mass is 264 g/mol. The Hall–Kier alpha value is -1.42. The summed E-state index contributed by atoms with van der Waals surface area (Å²) in [6, 6.07) is 6.42. The SMILES string of the molecule is C[C@H](c1ccccc1F)N(C)C(=O)C1CCNCC1. The molecule has 1 aromatic rings. The van der Waals surface area contributed by atoms with Crippen LogP contribution in [0.25, 0.3) is 0 Å². The molecule has 3 nitrogen and oxygen atoms in total. The van der Waals surface area contributed by atoms with Crippen LogP contribution in [0.15, 0.2) is 24.3 Å². The molecule has 1 fully saturated rings. The van der Waals surface area contributed by atoms with E-state index in [0.29, 0.717) is 5.56 Å². The number of carbonyl (C=O) groups excluding carboxylic acids is 1. The molecule has 4 heteroatoms. The summed E-state index contributed by atoms with van der Waals surface area (Å²) in [6.45, 7) is 3.65. The quantitative estimate of drug-likeness (QED) is 0.909. The van der Waals surface area contributed by atoms with Crippen LogP contribution in [0.2, 0.25) is 0 Å². The van der Waals surface area contributed by atoms with Crippen LogP contribution in [0.1, 0.15) is 31.4 Å². The minimum atomic E-state index is -0.250. The van der Waals surface area contributed by atoms with Gasteiger partial charge < -0.3 is 10.2 Å². The highest BCUT2D eigenvalue weighted by molar-refractivity contribution is 5.79. The van der Waals surface area contributed by atoms with Crippen molar-refractivity contribution in [3.63, 3.8) is 0 Å². The molecule has 1 heterocycles. The molecule has 1 aromatic carbocycles. The third-order valence-corrected chi connectivity index (χ3v) is 3.97. The number of rotatable bonds is 3. The number of amides is 1. The maximum atomic E-state index is 13.8. The van der Waals surface area contributed by atoms with E-state index in [4.69, 9.17) is 0 Å². The molecule has 1 aliphatic rings. The Morgan fingerprint density at radius 1 is 1.37 bits per heavy atom. The Kier molecular flexibility index (Phi) is 4.53. The second kappa shape index (κ2) is 6.15. The van der Waals surface area contributed by atoms with Crippen LogP contribution < -0.4 is 5.32 Å². The number of nitrogens with zero attached hydrogens (tertiary/aromatic N) is 1. The number of hydrogen-bond donors (Lipinski definition) is 1. The zero-order valence-electron chi connectivity index (χ0n) is 11.5. The first-order valence-electron chi connectivity index (χ1n) is 6.83. The predicted octanol–water partition coefficient (Wildman–Crippen LogP) is 2.34. The van der Waals surface area contributed by atoms with Crippen LogP contribution >= 0.6 is 0 Å². The second-order valence-electron chi connectivity index (χ2n) is 5.17. The van der Waals surface area contributed by atoms with Gasteiger partial charge in [-0.3, -0.25) is 4.79 Å². The lowest BCUT2D eigenvalue weighted by atomic mass is 9.95. The molecule has 0 saturated carbocycles. The number of piperidine rings is 1. The Balaban J connectivity index is 2.08. The molecule has 104 valence electrons. The van der Waals surface area contributed by atoms with Gasteiger partial charge in [0.15, 0.2) is 0 Å². The van der Waals surface area contributed by atoms with Crippen molar-refractivity contribution in [3.8, 4) is 0 Å². The summed E-state index contributed by atoms with van der Waals surface area (Å²) in [5, 5.41) is 3.25. The van der Waals surface area contributed by atoms with Gasteiger partial charge in [-0.1, -0.05) is 18.2 Å². The van der Waals surface area contributed by atoms with E-state index in [0.717, 1.165) is 25.9 Å². The highest BCUT2D eigenvalue weighted by Crippen LogP contribution is 2.25. The normalized spacial score (nSPS) is 18.1. The van der Waals surface area contributed by atoms with E-state index in [2.05, 4.69) is 5.32 Å². The van der Waals surface area contributed by atoms with E-state index in [-0.39, 0.29) is 23.7 Å². The van der Waals surface area contributed by atoms with Gasteiger partial charge in [0, 0.05) is 18.5 Å². The summed E-state index contributed by atoms with van der Waals surface area (Å²) in [4.78, 5) is 14.1. The van der Waals surface area contributed by atoms with Gasteiger partial charge in [0.25, 0.3) is 0 Å². The number of carbonyl (C=O) groups is 1. The summed E-state index contributed by atoms with van der Waals surface area (Å²) in [6.07, 6.45) is 1.74. The van der Waals surface area contributed by atoms with Crippen molar-refractivity contribution in [2.24, 2.45) is 5.92 Å². The zero-order valence-corrected chi connectivity index (χ0v) is 11.5. The van der Waals surface area contributed by atoms with E-state index >= 15 is 0 Å². The second-order valence-corrected chi connectivity index (χ2v) is 5.17. The van der Waals surface area contributed by atoms with Crippen molar-refractivity contribution in [1.82, 2.24) is 10.2 Å². The lowest BCUT2D eigenvalue weighted by molar-refractivity contribution is -0.137. The summed E-state index contributed by atoms with van der Waals surface area (Å²) < 4.78 is 13.8. The third kappa shape index (κ3) is 3.13. The fraction of sp³-hybridized carbons (Fsp3) is 0.533. The largest absolute Gasteiger partial charge is 0.339 e. The van der Waals surface area contributed by atoms with Crippen LogP contribution in [-0.2, 0) is 4.79 Å². The highest BCUT2D eigenvalue weighted by atomic mass is 19.1. The Morgan fingerprint density at radius 3 is 2.63 bits per heavy atom. The Bertz CT molecular complexity index is 444. The number of benzene rings is 1. The van der Waals surface area contributed by atoms with Crippen molar-refractivity contribution in [2.75, 3.05) is 20.1 Å². The lowest BCUT2D eigenvalue weighted by Gasteiger charge is -2.31. The van der Waals surface area contributed by atoms with Crippen molar-refractivity contribution in [3.05, 3.63) is 35.6 Å². The minimum absolute atomic E-state index is 0.0699. The van der Waals surface area contributed by atoms with E-state index < -0.39 is 0 Å². The van der Waals surface area contributed by atoms with E-state index in [1.165, 1.54) is 6.07 Å². The number of hydrogen-bond acceptors (Lipinski definition) is 2. The molecule has 1 amide bonds. The molecule has 1 N–H and O–H groups in total. The maximum Gasteiger partial charge on any atom is 0.226 e. The topological polar surface area (TPSA) is 32.3 Å². The Morgan fingerprint density at radius 2 is 2.00 bits per heavy atom. The first kappa shape index (κ1) is 14.0. The lowest BCUT2D eigenvalue weighted by Crippen LogP contribution is -2.40. The predicted molar refractivity (Wildman–Crippen MR) is 73.2 cm³/mol. The molecule has 1 saturated heterocycles. The van der Waals surface area contributed by atoms with Crippen LogP contribution in [0, 0.1) is 11.7 Å². The molecule has 1 aliphatic heterocycles. The van der Waals surface area contributed by atoms with Gasteiger partial charge in [0.1, 0.15) is 5.82 Å². The van der Waals surface area contributed by atoms with E-state index in [1.54, 1.807) is 30.1 Å². The third-order valence-electron chi connectivity index (χ3n) is 3.97. The molecular formula is C15H21FN2O. The van der Waals surface area contributed by atoms with E-state index in [1.807, 2.05) is 6.92 Å². The van der Waals surface area contributed by atoms with Crippen LogP contribution in [0.4, 0.5) is 4.39 Å². The molecular weight excluding hydrogens is 243 g/mol. The molecule has 0 aliphatic carbocycles. The fourth-order valence-corrected chi connectivity index (χ4v) is 2.57. The molecule has 19 heavy (non-hydrogen) atoms. The summed E-state index contributed by atoms with van der Waals surface area (Å²) in [5.41, 5.74) is 0.576. The Labute approximate surface area is 113 Å². The number of halogens is 1. The standard InChI is InChI=1S/C15H21FN2O/c1-11(13-5-3-4-6-14(13)16)18(2)15(19)12-7-9-17-10-8-12/h3-6,11-12,17H,7-10H2,1-2H3/t11-/m1/s1. The summed E-state index contributed by atoms with van der Waals surface area (Å²) in [5.74, 6) is -0.0577. The van der Waals surface area contributed by atoms with Crippen LogP contribution in [0.5, 0.6) is 0 Å². The first-order chi connectivity index (χ1) is 9.11. The first-order valence-corrected chi connectivity index (χ1v) is 6.83. The molecule has 0 radical (unpaired) electrons. The van der Waals surface area contributed by atoms with Gasteiger partial charge in [0.2, 0.25) is 5.91 Å². The number of nitrogens with one attached hydrogen (secondary N) is 1. The van der Waals surface area contributed by atoms with Gasteiger partial charge in [0.05, 0.1) is 6.04 Å². The van der Waals surface area contributed by atoms with E-state index in [9.17, 15) is 9.18 Å². The minimum Gasteiger partial charge on any atom is -0.339 e. The van der Waals surface area contributed by atoms with Crippen molar-refractivity contribution in [1.29, 1.82) is 0 Å². The van der Waals surface area contributed by atoms with Gasteiger partial charge in [-0.2, -0.15) is 0 Å². The molecule has 0 spiro atoms. The highest BCUT2D eigenvalue weighted by Gasteiger charge is 2.27. The fourth-order valence-electron chi connectivity index (χ4n) is 2.57. The van der Waals surface area contributed by atoms with Gasteiger partial charge in [-0.15, -0.1) is 0 Å². The average Bonchev–Trinajstić information content (AvgIpc) is 2.46. The molecule has 2 rings (SSSR count). The summed E-state index contributed by atoms with van der Waals surface area (Å²) in [7, 11) is 1.77. The van der Waals surface area contributed by atoms with Gasteiger partial charge >= 0.3 is 0 Å². The molecule has 0 aromatic heterocycles. The molecule has 1 atom stereocenters. The van der Waals surface area contributed by atoms with Crippen molar-refractivity contribution < 1.29 is 9.18 Å². The smallest absolute Gasteiger partial charge is 0.226 e. The summed E-state index contributed by atoms with van der Waals surface area (Å²) >= 11 is 0.